The number of para-hydroxylation sites is 1. The molecule has 0 saturated heterocycles. The highest BCUT2D eigenvalue weighted by molar-refractivity contribution is 7.86. The fourth-order valence-corrected chi connectivity index (χ4v) is 10.6. The van der Waals surface area contributed by atoms with Gasteiger partial charge in [-0.05, 0) is 69.2 Å². The third-order valence-electron chi connectivity index (χ3n) is 10.2. The monoisotopic (exact) mass is 551 g/mol. The molecule has 4 unspecified atom stereocenters. The van der Waals surface area contributed by atoms with Crippen molar-refractivity contribution in [3.05, 3.63) is 60.2 Å². The van der Waals surface area contributed by atoms with Crippen molar-refractivity contribution in [1.82, 2.24) is 0 Å². The van der Waals surface area contributed by atoms with Gasteiger partial charge in [-0.3, -0.25) is 4.79 Å². The Morgan fingerprint density at radius 3 is 2.18 bits per heavy atom. The van der Waals surface area contributed by atoms with Gasteiger partial charge >= 0.3 is 16.4 Å². The molecule has 2 aromatic carbocycles. The van der Waals surface area contributed by atoms with Gasteiger partial charge in [-0.15, -0.1) is 3.89 Å². The fraction of sp³-hybridized carbons (Fsp3) is 0.562. The van der Waals surface area contributed by atoms with Crippen molar-refractivity contribution in [2.45, 2.75) is 96.0 Å². The zero-order valence-corrected chi connectivity index (χ0v) is 24.6. The van der Waals surface area contributed by atoms with Gasteiger partial charge in [0.1, 0.15) is 10.9 Å². The van der Waals surface area contributed by atoms with E-state index in [0.717, 1.165) is 62.6 Å². The minimum absolute atomic E-state index is 0.00657. The average molecular weight is 552 g/mol. The zero-order chi connectivity index (χ0) is 28.1. The maximum atomic E-state index is 14.7. The summed E-state index contributed by atoms with van der Waals surface area (Å²) >= 11 is 0. The molecule has 7 heteroatoms. The summed E-state index contributed by atoms with van der Waals surface area (Å²) in [7, 11) is -4.26. The molecule has 39 heavy (non-hydrogen) atoms. The van der Waals surface area contributed by atoms with Gasteiger partial charge in [0.25, 0.3) is 5.91 Å². The molecule has 0 N–H and O–H groups in total. The SMILES string of the molecule is Cc1ccc(S(=O)(=O)[N+](C=O)(CC(=O)N(c2ccccc2)C2CCCCC2)C2C3(C)CCC(C3)C2(C)C)cc1. The lowest BCUT2D eigenvalue weighted by Gasteiger charge is -2.50. The van der Waals surface area contributed by atoms with Crippen LogP contribution in [0.2, 0.25) is 0 Å². The van der Waals surface area contributed by atoms with Crippen molar-refractivity contribution in [2.24, 2.45) is 16.7 Å². The number of hydrogen-bond donors (Lipinski definition) is 0. The number of quaternary nitrogens is 1. The Bertz CT molecular complexity index is 1310. The van der Waals surface area contributed by atoms with Crippen LogP contribution in [-0.4, -0.2) is 43.3 Å². The smallest absolute Gasteiger partial charge is 0.304 e. The van der Waals surface area contributed by atoms with E-state index in [4.69, 9.17) is 0 Å². The molecule has 0 spiro atoms. The molecule has 3 saturated carbocycles. The summed E-state index contributed by atoms with van der Waals surface area (Å²) < 4.78 is 28.6. The third-order valence-corrected chi connectivity index (χ3v) is 12.4. The number of carbonyl (C=O) groups excluding carboxylic acids is 2. The topological polar surface area (TPSA) is 71.5 Å². The Labute approximate surface area is 234 Å². The number of anilines is 1. The van der Waals surface area contributed by atoms with E-state index >= 15 is 0 Å². The molecule has 6 nitrogen and oxygen atoms in total. The van der Waals surface area contributed by atoms with E-state index in [1.54, 1.807) is 24.3 Å². The van der Waals surface area contributed by atoms with Crippen LogP contribution in [0.15, 0.2) is 59.5 Å². The molecule has 2 aromatic rings. The van der Waals surface area contributed by atoms with Crippen LogP contribution in [0.1, 0.15) is 77.7 Å². The minimum atomic E-state index is -4.26. The van der Waals surface area contributed by atoms with E-state index < -0.39 is 31.9 Å². The Hall–Kier alpha value is -2.51. The number of nitrogens with zero attached hydrogens (tertiary/aromatic N) is 2. The number of rotatable bonds is 8. The van der Waals surface area contributed by atoms with Gasteiger partial charge in [0, 0.05) is 22.6 Å². The van der Waals surface area contributed by atoms with Gasteiger partial charge in [0.05, 0.1) is 0 Å². The van der Waals surface area contributed by atoms with Crippen LogP contribution in [0.4, 0.5) is 5.69 Å². The lowest BCUT2D eigenvalue weighted by molar-refractivity contribution is -0.759. The van der Waals surface area contributed by atoms with Gasteiger partial charge in [-0.2, -0.15) is 8.42 Å². The number of amides is 2. The molecule has 4 atom stereocenters. The molecule has 2 bridgehead atoms. The molecule has 3 fully saturated rings. The summed E-state index contributed by atoms with van der Waals surface area (Å²) in [6, 6.07) is 15.7. The second-order valence-corrected chi connectivity index (χ2v) is 15.2. The quantitative estimate of drug-likeness (QED) is 0.288. The number of aryl methyl sites for hydroxylation is 1. The largest absolute Gasteiger partial charge is 0.334 e. The summed E-state index contributed by atoms with van der Waals surface area (Å²) in [5.41, 5.74) is 0.933. The normalized spacial score (nSPS) is 28.1. The van der Waals surface area contributed by atoms with Crippen molar-refractivity contribution < 1.29 is 21.9 Å². The summed E-state index contributed by atoms with van der Waals surface area (Å²) in [4.78, 5) is 29.9. The summed E-state index contributed by atoms with van der Waals surface area (Å²) in [6.45, 7) is 7.85. The van der Waals surface area contributed by atoms with E-state index in [1.165, 1.54) is 0 Å². The highest BCUT2D eigenvalue weighted by atomic mass is 32.2. The molecule has 210 valence electrons. The van der Waals surface area contributed by atoms with Crippen LogP contribution in [0.5, 0.6) is 0 Å². The molecule has 3 aliphatic rings. The average Bonchev–Trinajstić information content (AvgIpc) is 3.41. The Morgan fingerprint density at radius 2 is 1.62 bits per heavy atom. The van der Waals surface area contributed by atoms with E-state index in [1.807, 2.05) is 42.2 Å². The lowest BCUT2D eigenvalue weighted by atomic mass is 9.67. The van der Waals surface area contributed by atoms with E-state index in [-0.39, 0.29) is 22.3 Å². The maximum Gasteiger partial charge on any atom is 0.334 e. The summed E-state index contributed by atoms with van der Waals surface area (Å²) in [6.07, 6.45) is 8.31. The lowest BCUT2D eigenvalue weighted by Crippen LogP contribution is -2.69. The van der Waals surface area contributed by atoms with Crippen LogP contribution in [0.3, 0.4) is 0 Å². The highest BCUT2D eigenvalue weighted by Crippen LogP contribution is 2.66. The molecule has 5 rings (SSSR count). The van der Waals surface area contributed by atoms with Crippen LogP contribution < -0.4 is 4.90 Å². The highest BCUT2D eigenvalue weighted by Gasteiger charge is 2.71. The van der Waals surface area contributed by atoms with E-state index in [2.05, 4.69) is 20.8 Å². The van der Waals surface area contributed by atoms with Crippen molar-refractivity contribution >= 4 is 28.0 Å². The third kappa shape index (κ3) is 4.55. The maximum absolute atomic E-state index is 14.7. The Balaban J connectivity index is 1.66. The molecular weight excluding hydrogens is 508 g/mol. The first-order valence-corrected chi connectivity index (χ1v) is 15.9. The first-order valence-electron chi connectivity index (χ1n) is 14.5. The number of sulfonamides is 1. The predicted octanol–water partition coefficient (Wildman–Crippen LogP) is 6.24. The van der Waals surface area contributed by atoms with Crippen molar-refractivity contribution in [1.29, 1.82) is 0 Å². The first kappa shape index (κ1) is 28.0. The molecule has 3 aliphatic carbocycles. The van der Waals surface area contributed by atoms with Gasteiger partial charge < -0.3 is 4.90 Å². The van der Waals surface area contributed by atoms with Gasteiger partial charge in [-0.25, -0.2) is 4.79 Å². The summed E-state index contributed by atoms with van der Waals surface area (Å²) in [5, 5.41) is 0. The number of hydrogen-bond acceptors (Lipinski definition) is 4. The van der Waals surface area contributed by atoms with Gasteiger partial charge in [0.15, 0.2) is 6.54 Å². The van der Waals surface area contributed by atoms with Gasteiger partial charge in [0.2, 0.25) is 0 Å². The predicted molar refractivity (Wildman–Crippen MR) is 153 cm³/mol. The Morgan fingerprint density at radius 1 is 0.974 bits per heavy atom. The molecule has 2 amide bonds. The molecule has 0 radical (unpaired) electrons. The second-order valence-electron chi connectivity index (χ2n) is 13.1. The minimum Gasteiger partial charge on any atom is -0.304 e. The Kier molecular flexibility index (Phi) is 7.30. The number of fused-ring (bicyclic) bond motifs is 2. The molecular formula is C32H43N2O4S+. The standard InChI is InChI=1S/C32H43N2O4S/c1-24-15-17-28(18-16-24)39(37,38)34(23-35,30-31(2,3)25-19-20-32(30,4)21-25)22-29(36)33(26-11-7-5-8-12-26)27-13-9-6-10-14-27/h5,7-8,11-12,15-18,23,25,27,30H,6,9-10,13-14,19-22H2,1-4H3/q+1. The number of benzene rings is 2. The van der Waals surface area contributed by atoms with E-state index in [9.17, 15) is 18.0 Å². The summed E-state index contributed by atoms with van der Waals surface area (Å²) in [5.74, 6) is 0.0231. The van der Waals surface area contributed by atoms with Crippen molar-refractivity contribution in [2.75, 3.05) is 11.4 Å². The van der Waals surface area contributed by atoms with Crippen LogP contribution >= 0.6 is 0 Å². The zero-order valence-electron chi connectivity index (χ0n) is 23.8. The molecule has 0 aromatic heterocycles. The van der Waals surface area contributed by atoms with Crippen molar-refractivity contribution in [3.63, 3.8) is 0 Å². The van der Waals surface area contributed by atoms with Crippen molar-refractivity contribution in [3.8, 4) is 0 Å². The molecule has 0 heterocycles. The van der Waals surface area contributed by atoms with Gasteiger partial charge in [-0.1, -0.05) is 75.9 Å². The van der Waals surface area contributed by atoms with E-state index in [0.29, 0.717) is 12.3 Å². The van der Waals surface area contributed by atoms with Crippen LogP contribution in [0.25, 0.3) is 0 Å². The second kappa shape index (κ2) is 10.2. The van der Waals surface area contributed by atoms with Crippen LogP contribution in [-0.2, 0) is 19.6 Å². The first-order chi connectivity index (χ1) is 18.5. The number of carbonyl (C=O) groups is 2. The fourth-order valence-electron chi connectivity index (χ4n) is 8.52. The molecule has 0 aliphatic heterocycles. The van der Waals surface area contributed by atoms with Crippen LogP contribution in [0, 0.1) is 23.7 Å².